The molecule has 2 N–H and O–H groups in total. The van der Waals surface area contributed by atoms with Gasteiger partial charge in [0.2, 0.25) is 0 Å². The molecule has 43 heavy (non-hydrogen) atoms. The van der Waals surface area contributed by atoms with E-state index in [1.54, 1.807) is 0 Å². The fourth-order valence-corrected chi connectivity index (χ4v) is 7.47. The van der Waals surface area contributed by atoms with Crippen LogP contribution in [0.4, 0.5) is 0 Å². The average molecular weight is 609 g/mol. The van der Waals surface area contributed by atoms with Gasteiger partial charge in [0.1, 0.15) is 0 Å². The zero-order valence-electron chi connectivity index (χ0n) is 31.1. The fourth-order valence-electron chi connectivity index (χ4n) is 7.47. The largest absolute Gasteiger partial charge is 0.390 e. The Kier molecular flexibility index (Phi) is 20.6. The Morgan fingerprint density at radius 3 is 1.40 bits per heavy atom. The van der Waals surface area contributed by atoms with Crippen LogP contribution in [0.3, 0.4) is 0 Å². The highest BCUT2D eigenvalue weighted by Gasteiger charge is 2.45. The molecule has 1 fully saturated rings. The number of hydrogen-bond acceptors (Lipinski definition) is 3. The molecule has 1 rings (SSSR count). The van der Waals surface area contributed by atoms with Crippen molar-refractivity contribution in [2.75, 3.05) is 0 Å². The van der Waals surface area contributed by atoms with Crippen LogP contribution in [-0.2, 0) is 4.74 Å². The van der Waals surface area contributed by atoms with Crippen molar-refractivity contribution in [3.63, 3.8) is 0 Å². The molecule has 0 aromatic carbocycles. The predicted octanol–water partition coefficient (Wildman–Crippen LogP) is 11.9. The van der Waals surface area contributed by atoms with Crippen molar-refractivity contribution in [3.8, 4) is 0 Å². The molecule has 0 radical (unpaired) electrons. The second-order valence-electron chi connectivity index (χ2n) is 17.1. The van der Waals surface area contributed by atoms with Gasteiger partial charge in [-0.25, -0.2) is 0 Å². The molecule has 0 spiro atoms. The topological polar surface area (TPSA) is 49.7 Å². The summed E-state index contributed by atoms with van der Waals surface area (Å²) in [5, 5.41) is 22.4. The Hall–Kier alpha value is -0.120. The molecule has 0 bridgehead atoms. The molecule has 1 aliphatic rings. The van der Waals surface area contributed by atoms with Crippen molar-refractivity contribution < 1.29 is 14.9 Å². The van der Waals surface area contributed by atoms with Gasteiger partial charge >= 0.3 is 0 Å². The Labute approximate surface area is 271 Å². The van der Waals surface area contributed by atoms with Crippen LogP contribution in [0, 0.1) is 35.5 Å². The standard InChI is InChI=1S/C40H80O3/c1-31(2)17-11-19-33(5)21-13-23-35(7)25-15-29-39(9,42)38-28-27-37(41)40(10,43-38)30-16-26-36(8)24-14-22-34(6)20-12-18-32(3)4/h31-38,41-42H,11-30H2,1-10H3/t33-,34-,35-,36-,37?,38?,39?,40?/m1/s1. The van der Waals surface area contributed by atoms with Gasteiger partial charge in [0, 0.05) is 0 Å². The first-order chi connectivity index (χ1) is 20.1. The summed E-state index contributed by atoms with van der Waals surface area (Å²) in [5.41, 5.74) is -1.37. The lowest BCUT2D eigenvalue weighted by atomic mass is 9.80. The molecular formula is C40H80O3. The second kappa shape index (κ2) is 21.6. The average Bonchev–Trinajstić information content (AvgIpc) is 2.89. The van der Waals surface area contributed by atoms with Gasteiger partial charge in [-0.15, -0.1) is 0 Å². The third kappa shape index (κ3) is 18.6. The SMILES string of the molecule is CC(C)CCC[C@@H](C)CCC[C@@H](C)CCCC(C)(O)C1CCC(O)C(C)(CCC[C@H](C)CCC[C@H](C)CCCC(C)C)O1. The molecule has 1 saturated heterocycles. The number of ether oxygens (including phenoxy) is 1. The van der Waals surface area contributed by atoms with Crippen LogP contribution >= 0.6 is 0 Å². The Bertz CT molecular complexity index is 673. The van der Waals surface area contributed by atoms with Crippen molar-refractivity contribution in [2.45, 2.75) is 221 Å². The molecule has 3 heteroatoms. The minimum atomic E-state index is -0.828. The van der Waals surface area contributed by atoms with E-state index in [-0.39, 0.29) is 6.10 Å². The summed E-state index contributed by atoms with van der Waals surface area (Å²) in [5.74, 6) is 4.79. The highest BCUT2D eigenvalue weighted by Crippen LogP contribution is 2.39. The quantitative estimate of drug-likeness (QED) is 0.108. The number of aliphatic hydroxyl groups is 2. The summed E-state index contributed by atoms with van der Waals surface area (Å²) in [7, 11) is 0. The molecule has 0 aliphatic carbocycles. The highest BCUT2D eigenvalue weighted by atomic mass is 16.5. The molecule has 4 unspecified atom stereocenters. The molecule has 1 aliphatic heterocycles. The summed E-state index contributed by atoms with van der Waals surface area (Å²) in [6.07, 6.45) is 23.2. The van der Waals surface area contributed by atoms with E-state index in [2.05, 4.69) is 62.3 Å². The van der Waals surface area contributed by atoms with E-state index in [4.69, 9.17) is 4.74 Å². The van der Waals surface area contributed by atoms with Gasteiger partial charge < -0.3 is 14.9 Å². The third-order valence-electron chi connectivity index (χ3n) is 11.0. The first-order valence-corrected chi connectivity index (χ1v) is 19.2. The summed E-state index contributed by atoms with van der Waals surface area (Å²) in [4.78, 5) is 0. The Morgan fingerprint density at radius 1 is 0.605 bits per heavy atom. The van der Waals surface area contributed by atoms with Gasteiger partial charge in [-0.1, -0.05) is 158 Å². The monoisotopic (exact) mass is 609 g/mol. The van der Waals surface area contributed by atoms with Gasteiger partial charge in [0.05, 0.1) is 23.4 Å². The first kappa shape index (κ1) is 40.9. The van der Waals surface area contributed by atoms with Crippen LogP contribution in [0.2, 0.25) is 0 Å². The van der Waals surface area contributed by atoms with Crippen molar-refractivity contribution in [1.29, 1.82) is 0 Å². The lowest BCUT2D eigenvalue weighted by Crippen LogP contribution is -2.55. The predicted molar refractivity (Wildman–Crippen MR) is 189 cm³/mol. The first-order valence-electron chi connectivity index (χ1n) is 19.2. The molecule has 3 nitrogen and oxygen atoms in total. The van der Waals surface area contributed by atoms with Crippen LogP contribution in [-0.4, -0.2) is 33.6 Å². The zero-order chi connectivity index (χ0) is 32.5. The van der Waals surface area contributed by atoms with Gasteiger partial charge in [-0.05, 0) is 75.0 Å². The zero-order valence-corrected chi connectivity index (χ0v) is 31.1. The minimum absolute atomic E-state index is 0.183. The minimum Gasteiger partial charge on any atom is -0.390 e. The lowest BCUT2D eigenvalue weighted by Gasteiger charge is -2.47. The molecule has 258 valence electrons. The molecular weight excluding hydrogens is 528 g/mol. The van der Waals surface area contributed by atoms with Crippen LogP contribution < -0.4 is 0 Å². The summed E-state index contributed by atoms with van der Waals surface area (Å²) < 4.78 is 6.60. The van der Waals surface area contributed by atoms with Gasteiger partial charge in [0.25, 0.3) is 0 Å². The smallest absolute Gasteiger partial charge is 0.0917 e. The highest BCUT2D eigenvalue weighted by molar-refractivity contribution is 4.95. The molecule has 1 heterocycles. The summed E-state index contributed by atoms with van der Waals surface area (Å²) in [6, 6.07) is 0. The fraction of sp³-hybridized carbons (Fsp3) is 1.00. The van der Waals surface area contributed by atoms with Crippen LogP contribution in [0.1, 0.15) is 198 Å². The third-order valence-corrected chi connectivity index (χ3v) is 11.0. The Morgan fingerprint density at radius 2 is 0.977 bits per heavy atom. The normalized spacial score (nSPS) is 25.5. The molecule has 0 amide bonds. The number of hydrogen-bond donors (Lipinski definition) is 2. The maximum absolute atomic E-state index is 11.5. The van der Waals surface area contributed by atoms with E-state index < -0.39 is 17.3 Å². The van der Waals surface area contributed by atoms with E-state index in [0.717, 1.165) is 68.1 Å². The number of rotatable bonds is 25. The van der Waals surface area contributed by atoms with E-state index in [9.17, 15) is 10.2 Å². The van der Waals surface area contributed by atoms with Gasteiger partial charge in [-0.2, -0.15) is 0 Å². The Balaban J connectivity index is 2.33. The van der Waals surface area contributed by atoms with Crippen molar-refractivity contribution in [2.24, 2.45) is 35.5 Å². The summed E-state index contributed by atoms with van der Waals surface area (Å²) >= 11 is 0. The van der Waals surface area contributed by atoms with E-state index in [1.165, 1.54) is 89.9 Å². The van der Waals surface area contributed by atoms with E-state index in [1.807, 2.05) is 6.92 Å². The van der Waals surface area contributed by atoms with Crippen molar-refractivity contribution >= 4 is 0 Å². The lowest BCUT2D eigenvalue weighted by molar-refractivity contribution is -0.231. The molecule has 0 aromatic heterocycles. The number of aliphatic hydroxyl groups excluding tert-OH is 1. The molecule has 0 saturated carbocycles. The van der Waals surface area contributed by atoms with Gasteiger partial charge in [0.15, 0.2) is 0 Å². The van der Waals surface area contributed by atoms with Crippen LogP contribution in [0.15, 0.2) is 0 Å². The van der Waals surface area contributed by atoms with Crippen molar-refractivity contribution in [3.05, 3.63) is 0 Å². The maximum atomic E-state index is 11.5. The van der Waals surface area contributed by atoms with Gasteiger partial charge in [-0.3, -0.25) is 0 Å². The van der Waals surface area contributed by atoms with E-state index in [0.29, 0.717) is 5.92 Å². The second-order valence-corrected chi connectivity index (χ2v) is 17.1. The van der Waals surface area contributed by atoms with Crippen molar-refractivity contribution in [1.82, 2.24) is 0 Å². The molecule has 8 atom stereocenters. The van der Waals surface area contributed by atoms with Crippen LogP contribution in [0.5, 0.6) is 0 Å². The maximum Gasteiger partial charge on any atom is 0.0917 e. The summed E-state index contributed by atoms with van der Waals surface area (Å²) in [6.45, 7) is 23.0. The van der Waals surface area contributed by atoms with E-state index >= 15 is 0 Å². The van der Waals surface area contributed by atoms with Crippen LogP contribution in [0.25, 0.3) is 0 Å². The molecule has 0 aromatic rings.